The first-order valence-corrected chi connectivity index (χ1v) is 7.96. The number of nitrogens with zero attached hydrogens (tertiary/aromatic N) is 1. The molecule has 0 aromatic heterocycles. The van der Waals surface area contributed by atoms with E-state index in [4.69, 9.17) is 9.47 Å². The lowest BCUT2D eigenvalue weighted by Gasteiger charge is -2.43. The number of hydrogen-bond acceptors (Lipinski definition) is 3. The van der Waals surface area contributed by atoms with Crippen LogP contribution in [0.5, 0.6) is 0 Å². The number of hydrogen-bond donors (Lipinski definition) is 0. The monoisotopic (exact) mass is 217 g/mol. The zero-order valence-electron chi connectivity index (χ0n) is 9.71. The molecule has 0 aromatic rings. The molecule has 1 saturated heterocycles. The van der Waals surface area contributed by atoms with Crippen LogP contribution >= 0.6 is 0 Å². The molecule has 1 rings (SSSR count). The van der Waals surface area contributed by atoms with Crippen LogP contribution in [-0.4, -0.2) is 53.2 Å². The van der Waals surface area contributed by atoms with Crippen molar-refractivity contribution < 1.29 is 9.47 Å². The Hall–Kier alpha value is 0.0969. The Morgan fingerprint density at radius 2 is 2.07 bits per heavy atom. The summed E-state index contributed by atoms with van der Waals surface area (Å²) in [6, 6.07) is 0. The molecule has 0 aromatic carbocycles. The minimum atomic E-state index is 0.0693. The highest BCUT2D eigenvalue weighted by Crippen LogP contribution is 2.26. The summed E-state index contributed by atoms with van der Waals surface area (Å²) in [5.41, 5.74) is 0.317. The minimum Gasteiger partial charge on any atom is -0.381 e. The number of rotatable bonds is 5. The molecule has 1 aliphatic heterocycles. The van der Waals surface area contributed by atoms with E-state index in [1.165, 1.54) is 6.17 Å². The Bertz CT molecular complexity index is 154. The molecule has 0 bridgehead atoms. The van der Waals surface area contributed by atoms with Crippen molar-refractivity contribution in [1.29, 1.82) is 0 Å². The van der Waals surface area contributed by atoms with Gasteiger partial charge in [0.25, 0.3) is 0 Å². The third kappa shape index (κ3) is 3.05. The van der Waals surface area contributed by atoms with Gasteiger partial charge in [0.2, 0.25) is 0 Å². The second kappa shape index (κ2) is 5.85. The van der Waals surface area contributed by atoms with Gasteiger partial charge in [-0.25, -0.2) is 0 Å². The van der Waals surface area contributed by atoms with E-state index < -0.39 is 0 Å². The fraction of sp³-hybridized carbons (Fsp3) is 1.00. The van der Waals surface area contributed by atoms with Crippen molar-refractivity contribution in [3.8, 4) is 0 Å². The first-order valence-electron chi connectivity index (χ1n) is 5.54. The van der Waals surface area contributed by atoms with Crippen LogP contribution in [0.2, 0.25) is 6.55 Å². The average molecular weight is 217 g/mol. The van der Waals surface area contributed by atoms with Crippen molar-refractivity contribution >= 4 is 9.52 Å². The molecular formula is C10H23NO2Si. The zero-order valence-corrected chi connectivity index (χ0v) is 11.1. The second-order valence-corrected chi connectivity index (χ2v) is 5.74. The maximum absolute atomic E-state index is 5.42. The van der Waals surface area contributed by atoms with Crippen molar-refractivity contribution in [2.24, 2.45) is 0 Å². The minimum absolute atomic E-state index is 0.0693. The fourth-order valence-electron chi connectivity index (χ4n) is 2.04. The summed E-state index contributed by atoms with van der Waals surface area (Å²) in [4.78, 5) is 2.50. The van der Waals surface area contributed by atoms with Crippen molar-refractivity contribution in [2.45, 2.75) is 31.9 Å². The summed E-state index contributed by atoms with van der Waals surface area (Å²) in [5, 5.41) is 0. The van der Waals surface area contributed by atoms with Crippen LogP contribution in [0, 0.1) is 0 Å². The molecule has 0 aliphatic carbocycles. The highest BCUT2D eigenvalue weighted by molar-refractivity contribution is 6.33. The summed E-state index contributed by atoms with van der Waals surface area (Å²) in [7, 11) is 1.85. The summed E-state index contributed by atoms with van der Waals surface area (Å²) < 4.78 is 10.7. The Labute approximate surface area is 89.6 Å². The van der Waals surface area contributed by atoms with Crippen molar-refractivity contribution in [1.82, 2.24) is 4.90 Å². The lowest BCUT2D eigenvalue weighted by Crippen LogP contribution is -2.51. The zero-order chi connectivity index (χ0) is 10.4. The molecule has 0 atom stereocenters. The predicted octanol–water partition coefficient (Wildman–Crippen LogP) is 0.636. The first-order chi connectivity index (χ1) is 6.73. The van der Waals surface area contributed by atoms with Crippen molar-refractivity contribution in [2.75, 3.05) is 33.2 Å². The normalized spacial score (nSPS) is 22.3. The molecule has 1 fully saturated rings. The van der Waals surface area contributed by atoms with E-state index in [0.29, 0.717) is 5.54 Å². The van der Waals surface area contributed by atoms with E-state index in [-0.39, 0.29) is 9.52 Å². The Morgan fingerprint density at radius 1 is 1.43 bits per heavy atom. The molecule has 0 N–H and O–H groups in total. The lowest BCUT2D eigenvalue weighted by atomic mass is 9.91. The number of methoxy groups -OCH3 is 1. The molecule has 1 heterocycles. The van der Waals surface area contributed by atoms with Gasteiger partial charge in [-0.15, -0.1) is 0 Å². The van der Waals surface area contributed by atoms with Gasteiger partial charge in [0.15, 0.2) is 0 Å². The number of ether oxygens (including phenoxy) is 2. The molecule has 84 valence electrons. The van der Waals surface area contributed by atoms with Crippen LogP contribution < -0.4 is 0 Å². The van der Waals surface area contributed by atoms with Crippen molar-refractivity contribution in [3.05, 3.63) is 0 Å². The highest BCUT2D eigenvalue weighted by atomic mass is 28.2. The molecule has 4 heteroatoms. The van der Waals surface area contributed by atoms with Crippen LogP contribution in [0.15, 0.2) is 0 Å². The Kier molecular flexibility index (Phi) is 5.09. The SMILES string of the molecule is COCN(C[SiH2]C)C1(C)CCOCC1. The molecule has 14 heavy (non-hydrogen) atoms. The topological polar surface area (TPSA) is 21.7 Å². The molecular weight excluding hydrogens is 194 g/mol. The van der Waals surface area contributed by atoms with Gasteiger partial charge in [0.1, 0.15) is 0 Å². The lowest BCUT2D eigenvalue weighted by molar-refractivity contribution is -0.0552. The van der Waals surface area contributed by atoms with Gasteiger partial charge in [0, 0.05) is 35.4 Å². The van der Waals surface area contributed by atoms with Gasteiger partial charge in [0.05, 0.1) is 6.73 Å². The van der Waals surface area contributed by atoms with Gasteiger partial charge in [-0.05, 0) is 25.9 Å². The summed E-state index contributed by atoms with van der Waals surface area (Å²) >= 11 is 0. The van der Waals surface area contributed by atoms with Gasteiger partial charge in [-0.3, -0.25) is 4.90 Å². The maximum Gasteiger partial charge on any atom is 0.0987 e. The quantitative estimate of drug-likeness (QED) is 0.498. The average Bonchev–Trinajstić information content (AvgIpc) is 2.19. The van der Waals surface area contributed by atoms with Crippen LogP contribution in [0.3, 0.4) is 0 Å². The highest BCUT2D eigenvalue weighted by Gasteiger charge is 2.33. The summed E-state index contributed by atoms with van der Waals surface area (Å²) in [5.74, 6) is 0. The van der Waals surface area contributed by atoms with E-state index in [0.717, 1.165) is 32.8 Å². The van der Waals surface area contributed by atoms with Crippen LogP contribution in [0.1, 0.15) is 19.8 Å². The summed E-state index contributed by atoms with van der Waals surface area (Å²) in [6.07, 6.45) is 3.54. The van der Waals surface area contributed by atoms with Crippen molar-refractivity contribution in [3.63, 3.8) is 0 Å². The third-order valence-electron chi connectivity index (χ3n) is 3.11. The van der Waals surface area contributed by atoms with E-state index in [9.17, 15) is 0 Å². The molecule has 0 spiro atoms. The van der Waals surface area contributed by atoms with Gasteiger partial charge >= 0.3 is 0 Å². The third-order valence-corrected chi connectivity index (χ3v) is 4.10. The molecule has 0 saturated carbocycles. The van der Waals surface area contributed by atoms with Crippen LogP contribution in [0.4, 0.5) is 0 Å². The van der Waals surface area contributed by atoms with Crippen LogP contribution in [-0.2, 0) is 9.47 Å². The second-order valence-electron chi connectivity index (χ2n) is 4.29. The molecule has 0 amide bonds. The maximum atomic E-state index is 5.42. The van der Waals surface area contributed by atoms with E-state index >= 15 is 0 Å². The van der Waals surface area contributed by atoms with E-state index in [1.807, 2.05) is 0 Å². The largest absolute Gasteiger partial charge is 0.381 e. The van der Waals surface area contributed by atoms with Gasteiger partial charge in [-0.2, -0.15) is 0 Å². The molecule has 0 unspecified atom stereocenters. The summed E-state index contributed by atoms with van der Waals surface area (Å²) in [6.45, 7) is 7.28. The van der Waals surface area contributed by atoms with Crippen LogP contribution in [0.25, 0.3) is 0 Å². The van der Waals surface area contributed by atoms with Gasteiger partial charge < -0.3 is 9.47 Å². The van der Waals surface area contributed by atoms with E-state index in [2.05, 4.69) is 18.4 Å². The first kappa shape index (κ1) is 12.2. The van der Waals surface area contributed by atoms with E-state index in [1.54, 1.807) is 7.11 Å². The Balaban J connectivity index is 2.53. The smallest absolute Gasteiger partial charge is 0.0987 e. The standard InChI is InChI=1S/C10H23NO2Si/c1-10(4-6-13-7-5-10)11(8-12-2)9-14-3/h4-9,14H2,1-3H3. The fourth-order valence-corrected chi connectivity index (χ4v) is 3.25. The molecule has 1 aliphatic rings. The van der Waals surface area contributed by atoms with Gasteiger partial charge in [-0.1, -0.05) is 6.55 Å². The molecule has 0 radical (unpaired) electrons. The molecule has 3 nitrogen and oxygen atoms in total. The Morgan fingerprint density at radius 3 is 2.57 bits per heavy atom. The predicted molar refractivity (Wildman–Crippen MR) is 61.4 cm³/mol.